The monoisotopic (exact) mass is 267 g/mol. The first-order valence-electron chi connectivity index (χ1n) is 4.94. The van der Waals surface area contributed by atoms with Crippen LogP contribution >= 0.6 is 0 Å². The standard InChI is InChI=1S/C12H8F3N3O/c1-19-11-3-2-9(12(13,14)15)4-10(11)18-7-8(5-16)6-17/h2-4,7,18H,1H3. The van der Waals surface area contributed by atoms with Gasteiger partial charge >= 0.3 is 6.18 Å². The number of nitrogens with zero attached hydrogens (tertiary/aromatic N) is 2. The molecule has 0 aliphatic heterocycles. The normalized spacial score (nSPS) is 10.0. The molecule has 0 aliphatic carbocycles. The lowest BCUT2D eigenvalue weighted by Gasteiger charge is -2.12. The van der Waals surface area contributed by atoms with E-state index in [1.807, 2.05) is 0 Å². The maximum atomic E-state index is 12.5. The molecule has 1 N–H and O–H groups in total. The maximum absolute atomic E-state index is 12.5. The molecule has 4 nitrogen and oxygen atoms in total. The number of halogens is 3. The Morgan fingerprint density at radius 3 is 2.42 bits per heavy atom. The highest BCUT2D eigenvalue weighted by molar-refractivity contribution is 5.61. The van der Waals surface area contributed by atoms with Gasteiger partial charge in [-0.15, -0.1) is 0 Å². The van der Waals surface area contributed by atoms with Crippen molar-refractivity contribution < 1.29 is 17.9 Å². The predicted molar refractivity (Wildman–Crippen MR) is 60.9 cm³/mol. The molecule has 1 aromatic rings. The van der Waals surface area contributed by atoms with Gasteiger partial charge < -0.3 is 10.1 Å². The number of benzene rings is 1. The van der Waals surface area contributed by atoms with Crippen LogP contribution in [0.1, 0.15) is 5.56 Å². The third-order valence-corrected chi connectivity index (χ3v) is 2.14. The van der Waals surface area contributed by atoms with Crippen molar-refractivity contribution in [1.29, 1.82) is 10.5 Å². The number of methoxy groups -OCH3 is 1. The Morgan fingerprint density at radius 2 is 1.95 bits per heavy atom. The molecular formula is C12H8F3N3O. The molecule has 1 aromatic carbocycles. The molecule has 0 aliphatic rings. The highest BCUT2D eigenvalue weighted by atomic mass is 19.4. The number of nitriles is 2. The van der Waals surface area contributed by atoms with Crippen molar-refractivity contribution in [3.63, 3.8) is 0 Å². The van der Waals surface area contributed by atoms with Crippen molar-refractivity contribution in [2.45, 2.75) is 6.18 Å². The molecule has 7 heteroatoms. The van der Waals surface area contributed by atoms with E-state index >= 15 is 0 Å². The molecule has 0 unspecified atom stereocenters. The Labute approximate surface area is 107 Å². The van der Waals surface area contributed by atoms with E-state index in [1.54, 1.807) is 12.1 Å². The van der Waals surface area contributed by atoms with Crippen molar-refractivity contribution in [2.24, 2.45) is 0 Å². The number of hydrogen-bond donors (Lipinski definition) is 1. The van der Waals surface area contributed by atoms with Gasteiger partial charge in [0.15, 0.2) is 0 Å². The second kappa shape index (κ2) is 5.78. The summed E-state index contributed by atoms with van der Waals surface area (Å²) < 4.78 is 42.5. The first-order valence-corrected chi connectivity index (χ1v) is 4.94. The number of hydrogen-bond acceptors (Lipinski definition) is 4. The molecular weight excluding hydrogens is 259 g/mol. The van der Waals surface area contributed by atoms with Gasteiger partial charge in [-0.05, 0) is 18.2 Å². The third kappa shape index (κ3) is 3.65. The van der Waals surface area contributed by atoms with Gasteiger partial charge in [-0.1, -0.05) is 0 Å². The summed E-state index contributed by atoms with van der Waals surface area (Å²) in [5, 5.41) is 19.5. The molecule has 98 valence electrons. The lowest BCUT2D eigenvalue weighted by Crippen LogP contribution is -2.06. The average Bonchev–Trinajstić information content (AvgIpc) is 2.38. The van der Waals surface area contributed by atoms with Gasteiger partial charge in [-0.3, -0.25) is 0 Å². The van der Waals surface area contributed by atoms with Crippen LogP contribution in [-0.2, 0) is 6.18 Å². The number of nitrogens with one attached hydrogen (secondary N) is 1. The predicted octanol–water partition coefficient (Wildman–Crippen LogP) is 3.06. The molecule has 0 saturated carbocycles. The van der Waals surface area contributed by atoms with Crippen molar-refractivity contribution >= 4 is 5.69 Å². The van der Waals surface area contributed by atoms with E-state index < -0.39 is 11.7 Å². The van der Waals surface area contributed by atoms with Gasteiger partial charge in [-0.25, -0.2) is 0 Å². The van der Waals surface area contributed by atoms with Crippen LogP contribution in [-0.4, -0.2) is 7.11 Å². The van der Waals surface area contributed by atoms with Crippen LogP contribution in [0.4, 0.5) is 18.9 Å². The van der Waals surface area contributed by atoms with Crippen LogP contribution in [0.25, 0.3) is 0 Å². The van der Waals surface area contributed by atoms with E-state index in [0.717, 1.165) is 24.4 Å². The van der Waals surface area contributed by atoms with Crippen LogP contribution in [0.15, 0.2) is 30.0 Å². The summed E-state index contributed by atoms with van der Waals surface area (Å²) in [7, 11) is 1.30. The van der Waals surface area contributed by atoms with Crippen LogP contribution in [0.2, 0.25) is 0 Å². The minimum Gasteiger partial charge on any atom is -0.495 e. The molecule has 0 atom stereocenters. The maximum Gasteiger partial charge on any atom is 0.416 e. The molecule has 0 spiro atoms. The number of anilines is 1. The second-order valence-corrected chi connectivity index (χ2v) is 3.34. The van der Waals surface area contributed by atoms with E-state index in [9.17, 15) is 13.2 Å². The highest BCUT2D eigenvalue weighted by Crippen LogP contribution is 2.34. The number of alkyl halides is 3. The van der Waals surface area contributed by atoms with Crippen LogP contribution in [0.3, 0.4) is 0 Å². The molecule has 19 heavy (non-hydrogen) atoms. The molecule has 1 rings (SSSR count). The zero-order chi connectivity index (χ0) is 14.5. The van der Waals surface area contributed by atoms with Gasteiger partial charge in [-0.2, -0.15) is 23.7 Å². The number of ether oxygens (including phenoxy) is 1. The largest absolute Gasteiger partial charge is 0.495 e. The minimum absolute atomic E-state index is 0.0142. The summed E-state index contributed by atoms with van der Waals surface area (Å²) in [6, 6.07) is 6.02. The van der Waals surface area contributed by atoms with Crippen LogP contribution in [0.5, 0.6) is 5.75 Å². The topological polar surface area (TPSA) is 68.8 Å². The molecule has 0 heterocycles. The van der Waals surface area contributed by atoms with Gasteiger partial charge in [0.25, 0.3) is 0 Å². The fourth-order valence-electron chi connectivity index (χ4n) is 1.24. The van der Waals surface area contributed by atoms with Crippen LogP contribution < -0.4 is 10.1 Å². The Kier molecular flexibility index (Phi) is 4.38. The van der Waals surface area contributed by atoms with Crippen LogP contribution in [0, 0.1) is 22.7 Å². The van der Waals surface area contributed by atoms with Gasteiger partial charge in [0.2, 0.25) is 0 Å². The summed E-state index contributed by atoms with van der Waals surface area (Å²) in [6.45, 7) is 0. The zero-order valence-corrected chi connectivity index (χ0v) is 9.75. The Bertz CT molecular complexity index is 563. The molecule has 0 fully saturated rings. The quantitative estimate of drug-likeness (QED) is 0.854. The van der Waals surface area contributed by atoms with Crippen molar-refractivity contribution in [2.75, 3.05) is 12.4 Å². The third-order valence-electron chi connectivity index (χ3n) is 2.14. The van der Waals surface area contributed by atoms with Crippen molar-refractivity contribution in [1.82, 2.24) is 0 Å². The van der Waals surface area contributed by atoms with Gasteiger partial charge in [0, 0.05) is 6.20 Å². The molecule has 0 amide bonds. The lowest BCUT2D eigenvalue weighted by molar-refractivity contribution is -0.137. The highest BCUT2D eigenvalue weighted by Gasteiger charge is 2.31. The van der Waals surface area contributed by atoms with E-state index in [1.165, 1.54) is 7.11 Å². The minimum atomic E-state index is -4.49. The SMILES string of the molecule is COc1ccc(C(F)(F)F)cc1NC=C(C#N)C#N. The summed E-state index contributed by atoms with van der Waals surface area (Å²) in [6.07, 6.45) is -3.47. The van der Waals surface area contributed by atoms with Crippen molar-refractivity contribution in [3.05, 3.63) is 35.5 Å². The molecule has 0 radical (unpaired) electrons. The second-order valence-electron chi connectivity index (χ2n) is 3.34. The smallest absolute Gasteiger partial charge is 0.416 e. The summed E-state index contributed by atoms with van der Waals surface area (Å²) in [5.41, 5.74) is -1.11. The Balaban J connectivity index is 3.15. The Hall–Kier alpha value is -2.67. The zero-order valence-electron chi connectivity index (χ0n) is 9.75. The molecule has 0 bridgehead atoms. The summed E-state index contributed by atoms with van der Waals surface area (Å²) in [5.74, 6) is 0.166. The van der Waals surface area contributed by atoms with E-state index in [2.05, 4.69) is 5.32 Å². The fourth-order valence-corrected chi connectivity index (χ4v) is 1.24. The average molecular weight is 267 g/mol. The van der Waals surface area contributed by atoms with Gasteiger partial charge in [0.1, 0.15) is 23.5 Å². The van der Waals surface area contributed by atoms with Gasteiger partial charge in [0.05, 0.1) is 18.4 Å². The van der Waals surface area contributed by atoms with E-state index in [-0.39, 0.29) is 17.0 Å². The number of rotatable bonds is 3. The fraction of sp³-hybridized carbons (Fsp3) is 0.167. The number of allylic oxidation sites excluding steroid dienone is 1. The van der Waals surface area contributed by atoms with E-state index in [4.69, 9.17) is 15.3 Å². The molecule has 0 aromatic heterocycles. The van der Waals surface area contributed by atoms with E-state index in [0.29, 0.717) is 0 Å². The molecule has 0 saturated heterocycles. The summed E-state index contributed by atoms with van der Waals surface area (Å²) >= 11 is 0. The van der Waals surface area contributed by atoms with Crippen molar-refractivity contribution in [3.8, 4) is 17.9 Å². The Morgan fingerprint density at radius 1 is 1.32 bits per heavy atom. The summed E-state index contributed by atoms with van der Waals surface area (Å²) in [4.78, 5) is 0. The lowest BCUT2D eigenvalue weighted by atomic mass is 10.1. The first kappa shape index (κ1) is 14.4. The first-order chi connectivity index (χ1) is 8.92.